The van der Waals surface area contributed by atoms with Gasteiger partial charge in [-0.25, -0.2) is 8.42 Å². The van der Waals surface area contributed by atoms with Gasteiger partial charge >= 0.3 is 0 Å². The molecule has 2 aliphatic rings. The first-order valence-electron chi connectivity index (χ1n) is 8.35. The van der Waals surface area contributed by atoms with Gasteiger partial charge in [-0.15, -0.1) is 6.42 Å². The van der Waals surface area contributed by atoms with Crippen molar-refractivity contribution in [2.24, 2.45) is 5.92 Å². The summed E-state index contributed by atoms with van der Waals surface area (Å²) in [6, 6.07) is 7.60. The molecule has 128 valence electrons. The quantitative estimate of drug-likeness (QED) is 0.845. The fraction of sp³-hybridized carbons (Fsp3) is 0.500. The molecular weight excluding hydrogens is 324 g/mol. The van der Waals surface area contributed by atoms with E-state index in [1.54, 1.807) is 30.3 Å². The highest BCUT2D eigenvalue weighted by Crippen LogP contribution is 2.42. The Morgan fingerprint density at radius 1 is 1.25 bits per heavy atom. The van der Waals surface area contributed by atoms with Crippen LogP contribution >= 0.6 is 0 Å². The molecule has 0 radical (unpaired) electrons. The number of sulfonamides is 1. The molecule has 0 unspecified atom stereocenters. The Morgan fingerprint density at radius 3 is 2.67 bits per heavy atom. The van der Waals surface area contributed by atoms with Crippen molar-refractivity contribution >= 4 is 15.9 Å². The van der Waals surface area contributed by atoms with E-state index >= 15 is 0 Å². The van der Waals surface area contributed by atoms with E-state index < -0.39 is 16.1 Å². The first-order chi connectivity index (χ1) is 11.6. The number of hydrogen-bond acceptors (Lipinski definition) is 3. The van der Waals surface area contributed by atoms with Gasteiger partial charge in [0.05, 0.1) is 11.4 Å². The molecule has 0 aromatic heterocycles. The van der Waals surface area contributed by atoms with Crippen LogP contribution in [0.4, 0.5) is 0 Å². The van der Waals surface area contributed by atoms with Crippen LogP contribution in [-0.4, -0.2) is 37.3 Å². The summed E-state index contributed by atoms with van der Waals surface area (Å²) in [7, 11) is -3.71. The van der Waals surface area contributed by atoms with Crippen LogP contribution in [0.5, 0.6) is 0 Å². The van der Waals surface area contributed by atoms with E-state index in [4.69, 9.17) is 6.42 Å². The van der Waals surface area contributed by atoms with Gasteiger partial charge in [0.1, 0.15) is 6.04 Å². The number of nitrogens with one attached hydrogen (secondary N) is 1. The molecule has 6 heteroatoms. The molecule has 1 heterocycles. The van der Waals surface area contributed by atoms with Crippen molar-refractivity contribution < 1.29 is 13.2 Å². The van der Waals surface area contributed by atoms with E-state index in [1.807, 2.05) is 0 Å². The van der Waals surface area contributed by atoms with Crippen molar-refractivity contribution in [2.45, 2.75) is 49.1 Å². The van der Waals surface area contributed by atoms with E-state index in [1.165, 1.54) is 4.31 Å². The lowest BCUT2D eigenvalue weighted by atomic mass is 9.85. The van der Waals surface area contributed by atoms with Gasteiger partial charge in [-0.05, 0) is 37.3 Å². The van der Waals surface area contributed by atoms with E-state index in [-0.39, 0.29) is 29.3 Å². The number of rotatable bonds is 4. The Bertz CT molecular complexity index is 739. The molecule has 3 rings (SSSR count). The maximum absolute atomic E-state index is 13.2. The number of amides is 1. The zero-order chi connectivity index (χ0) is 17.2. The molecule has 0 spiro atoms. The third-order valence-corrected chi connectivity index (χ3v) is 6.96. The van der Waals surface area contributed by atoms with Crippen molar-refractivity contribution in [1.29, 1.82) is 0 Å². The molecule has 1 saturated carbocycles. The Morgan fingerprint density at radius 2 is 1.96 bits per heavy atom. The molecule has 3 atom stereocenters. The zero-order valence-corrected chi connectivity index (χ0v) is 14.3. The minimum atomic E-state index is -3.71. The standard InChI is InChI=1S/C18H22N2O3S/c1-2-12-19-18(21)17-13-14-8-6-7-11-16(14)20(17)24(22,23)15-9-4-3-5-10-15/h1,3-5,9-10,14,16-17H,6-8,11-13H2,(H,19,21)/t14-,16-,17+/m1/s1. The monoisotopic (exact) mass is 346 g/mol. The maximum atomic E-state index is 13.2. The third kappa shape index (κ3) is 3.06. The van der Waals surface area contributed by atoms with Crippen molar-refractivity contribution in [3.05, 3.63) is 30.3 Å². The van der Waals surface area contributed by atoms with E-state index in [9.17, 15) is 13.2 Å². The normalized spacial score (nSPS) is 27.2. The van der Waals surface area contributed by atoms with Gasteiger partial charge in [-0.1, -0.05) is 37.0 Å². The maximum Gasteiger partial charge on any atom is 0.244 e. The molecule has 1 aromatic carbocycles. The Kier molecular flexibility index (Phi) is 4.93. The fourth-order valence-electron chi connectivity index (χ4n) is 3.96. The number of carbonyl (C=O) groups excluding carboxylic acids is 1. The minimum Gasteiger partial charge on any atom is -0.344 e. The number of nitrogens with zero attached hydrogens (tertiary/aromatic N) is 1. The van der Waals surface area contributed by atoms with Crippen molar-refractivity contribution in [1.82, 2.24) is 9.62 Å². The lowest BCUT2D eigenvalue weighted by Gasteiger charge is -2.32. The summed E-state index contributed by atoms with van der Waals surface area (Å²) >= 11 is 0. The molecule has 1 N–H and O–H groups in total. The lowest BCUT2D eigenvalue weighted by Crippen LogP contribution is -2.49. The molecule has 1 aromatic rings. The van der Waals surface area contributed by atoms with Crippen molar-refractivity contribution in [3.8, 4) is 12.3 Å². The zero-order valence-electron chi connectivity index (χ0n) is 13.5. The molecule has 24 heavy (non-hydrogen) atoms. The van der Waals surface area contributed by atoms with Crippen LogP contribution in [0.25, 0.3) is 0 Å². The Hall–Kier alpha value is -1.84. The predicted octanol–water partition coefficient (Wildman–Crippen LogP) is 1.76. The number of hydrogen-bond donors (Lipinski definition) is 1. The van der Waals surface area contributed by atoms with Gasteiger partial charge in [0.15, 0.2) is 0 Å². The number of carbonyl (C=O) groups is 1. The molecule has 1 saturated heterocycles. The lowest BCUT2D eigenvalue weighted by molar-refractivity contribution is -0.124. The molecule has 0 bridgehead atoms. The van der Waals surface area contributed by atoms with Gasteiger partial charge in [0, 0.05) is 6.04 Å². The molecule has 1 aliphatic heterocycles. The van der Waals surface area contributed by atoms with Crippen molar-refractivity contribution in [3.63, 3.8) is 0 Å². The minimum absolute atomic E-state index is 0.0921. The van der Waals surface area contributed by atoms with Gasteiger partial charge in [-0.3, -0.25) is 4.79 Å². The van der Waals surface area contributed by atoms with Crippen LogP contribution in [0.3, 0.4) is 0 Å². The summed E-state index contributed by atoms with van der Waals surface area (Å²) in [5.41, 5.74) is 0. The number of benzene rings is 1. The van der Waals surface area contributed by atoms with E-state index in [0.29, 0.717) is 6.42 Å². The average molecular weight is 346 g/mol. The highest BCUT2D eigenvalue weighted by Gasteiger charge is 2.50. The van der Waals surface area contributed by atoms with Crippen LogP contribution in [0.1, 0.15) is 32.1 Å². The van der Waals surface area contributed by atoms with Gasteiger partial charge in [-0.2, -0.15) is 4.31 Å². The van der Waals surface area contributed by atoms with Crippen molar-refractivity contribution in [2.75, 3.05) is 6.54 Å². The fourth-order valence-corrected chi connectivity index (χ4v) is 5.85. The second-order valence-corrected chi connectivity index (χ2v) is 8.28. The van der Waals surface area contributed by atoms with Crippen LogP contribution in [0.15, 0.2) is 35.2 Å². The number of terminal acetylenes is 1. The highest BCUT2D eigenvalue weighted by molar-refractivity contribution is 7.89. The average Bonchev–Trinajstić information content (AvgIpc) is 3.00. The summed E-state index contributed by atoms with van der Waals surface area (Å²) in [6.07, 6.45) is 9.67. The van der Waals surface area contributed by atoms with Gasteiger partial charge in [0.2, 0.25) is 15.9 Å². The topological polar surface area (TPSA) is 66.5 Å². The van der Waals surface area contributed by atoms with Crippen LogP contribution in [0, 0.1) is 18.3 Å². The second-order valence-electron chi connectivity index (χ2n) is 6.43. The molecule has 2 fully saturated rings. The van der Waals surface area contributed by atoms with Crippen LogP contribution in [0.2, 0.25) is 0 Å². The SMILES string of the molecule is C#CCNC(=O)[C@@H]1C[C@H]2CCCC[C@H]2N1S(=O)(=O)c1ccccc1. The first-order valence-corrected chi connectivity index (χ1v) is 9.79. The summed E-state index contributed by atoms with van der Waals surface area (Å²) in [5.74, 6) is 2.33. The number of fused-ring (bicyclic) bond motifs is 1. The van der Waals surface area contributed by atoms with E-state index in [2.05, 4.69) is 11.2 Å². The first kappa shape index (κ1) is 17.0. The molecule has 1 amide bonds. The molecule has 1 aliphatic carbocycles. The second kappa shape index (κ2) is 6.96. The highest BCUT2D eigenvalue weighted by atomic mass is 32.2. The Labute approximate surface area is 143 Å². The summed E-state index contributed by atoms with van der Waals surface area (Å²) in [4.78, 5) is 12.8. The third-order valence-electron chi connectivity index (χ3n) is 5.01. The molecule has 5 nitrogen and oxygen atoms in total. The van der Waals surface area contributed by atoms with Crippen LogP contribution < -0.4 is 5.32 Å². The summed E-state index contributed by atoms with van der Waals surface area (Å²) < 4.78 is 27.8. The largest absolute Gasteiger partial charge is 0.344 e. The van der Waals surface area contributed by atoms with Gasteiger partial charge in [0.25, 0.3) is 0 Å². The summed E-state index contributed by atoms with van der Waals surface area (Å²) in [5, 5.41) is 2.66. The smallest absolute Gasteiger partial charge is 0.244 e. The molecular formula is C18H22N2O3S. The summed E-state index contributed by atoms with van der Waals surface area (Å²) in [6.45, 7) is 0.115. The van der Waals surface area contributed by atoms with Gasteiger partial charge < -0.3 is 5.32 Å². The van der Waals surface area contributed by atoms with Crippen LogP contribution in [-0.2, 0) is 14.8 Å². The predicted molar refractivity (Wildman–Crippen MR) is 91.5 cm³/mol. The van der Waals surface area contributed by atoms with E-state index in [0.717, 1.165) is 25.7 Å². The Balaban J connectivity index is 1.96.